The molecule has 0 saturated heterocycles. The normalized spacial score (nSPS) is 11.1. The Balaban J connectivity index is 2.29. The van der Waals surface area contributed by atoms with Crippen molar-refractivity contribution in [3.63, 3.8) is 0 Å². The lowest BCUT2D eigenvalue weighted by Gasteiger charge is -2.07. The Hall–Kier alpha value is -0.610. The SMILES string of the molecule is CCCCSc1ncc(CNCC(C)C)cn1. The van der Waals surface area contributed by atoms with E-state index in [0.29, 0.717) is 5.92 Å². The van der Waals surface area contributed by atoms with E-state index in [2.05, 4.69) is 36.1 Å². The van der Waals surface area contributed by atoms with Crippen molar-refractivity contribution in [3.05, 3.63) is 18.0 Å². The first-order valence-electron chi connectivity index (χ1n) is 6.36. The third-order valence-electron chi connectivity index (χ3n) is 2.29. The van der Waals surface area contributed by atoms with Gasteiger partial charge in [0, 0.05) is 30.3 Å². The highest BCUT2D eigenvalue weighted by Crippen LogP contribution is 2.13. The van der Waals surface area contributed by atoms with Crippen molar-refractivity contribution in [1.82, 2.24) is 15.3 Å². The summed E-state index contributed by atoms with van der Waals surface area (Å²) in [5.41, 5.74) is 1.16. The summed E-state index contributed by atoms with van der Waals surface area (Å²) in [5.74, 6) is 1.79. The lowest BCUT2D eigenvalue weighted by atomic mass is 10.2. The van der Waals surface area contributed by atoms with E-state index in [1.165, 1.54) is 12.8 Å². The third-order valence-corrected chi connectivity index (χ3v) is 3.25. The van der Waals surface area contributed by atoms with Gasteiger partial charge in [-0.05, 0) is 18.9 Å². The van der Waals surface area contributed by atoms with Crippen molar-refractivity contribution >= 4 is 11.8 Å². The first-order valence-corrected chi connectivity index (χ1v) is 7.35. The van der Waals surface area contributed by atoms with Crippen LogP contribution in [0.3, 0.4) is 0 Å². The zero-order chi connectivity index (χ0) is 12.5. The zero-order valence-electron chi connectivity index (χ0n) is 11.1. The summed E-state index contributed by atoms with van der Waals surface area (Å²) in [7, 11) is 0. The van der Waals surface area contributed by atoms with Gasteiger partial charge in [-0.15, -0.1) is 0 Å². The Morgan fingerprint density at radius 2 is 2.00 bits per heavy atom. The van der Waals surface area contributed by atoms with Crippen molar-refractivity contribution in [2.24, 2.45) is 5.92 Å². The van der Waals surface area contributed by atoms with Gasteiger partial charge in [-0.3, -0.25) is 0 Å². The minimum atomic E-state index is 0.680. The van der Waals surface area contributed by atoms with Gasteiger partial charge < -0.3 is 5.32 Å². The first-order chi connectivity index (χ1) is 8.22. The molecule has 0 aliphatic rings. The minimum Gasteiger partial charge on any atom is -0.312 e. The van der Waals surface area contributed by atoms with Crippen molar-refractivity contribution < 1.29 is 0 Å². The van der Waals surface area contributed by atoms with E-state index in [9.17, 15) is 0 Å². The summed E-state index contributed by atoms with van der Waals surface area (Å²) in [6, 6.07) is 0. The molecule has 1 heterocycles. The topological polar surface area (TPSA) is 37.8 Å². The largest absolute Gasteiger partial charge is 0.312 e. The number of thioether (sulfide) groups is 1. The number of rotatable bonds is 8. The highest BCUT2D eigenvalue weighted by atomic mass is 32.2. The first kappa shape index (κ1) is 14.5. The van der Waals surface area contributed by atoms with Crippen LogP contribution in [0.1, 0.15) is 39.2 Å². The highest BCUT2D eigenvalue weighted by Gasteiger charge is 1.99. The van der Waals surface area contributed by atoms with Crippen molar-refractivity contribution in [1.29, 1.82) is 0 Å². The van der Waals surface area contributed by atoms with E-state index in [1.54, 1.807) is 11.8 Å². The second kappa shape index (κ2) is 8.48. The Morgan fingerprint density at radius 1 is 1.29 bits per heavy atom. The van der Waals surface area contributed by atoms with Gasteiger partial charge in [-0.2, -0.15) is 0 Å². The molecule has 0 unspecified atom stereocenters. The lowest BCUT2D eigenvalue weighted by molar-refractivity contribution is 0.550. The van der Waals surface area contributed by atoms with Crippen molar-refractivity contribution in [2.45, 2.75) is 45.3 Å². The number of unbranched alkanes of at least 4 members (excludes halogenated alkanes) is 1. The van der Waals surface area contributed by atoms with Crippen LogP contribution in [0.15, 0.2) is 17.6 Å². The lowest BCUT2D eigenvalue weighted by Crippen LogP contribution is -2.19. The molecule has 0 aromatic carbocycles. The maximum atomic E-state index is 4.36. The molecule has 1 N–H and O–H groups in total. The predicted octanol–water partition coefficient (Wildman–Crippen LogP) is 3.11. The van der Waals surface area contributed by atoms with Crippen LogP contribution in [0.2, 0.25) is 0 Å². The van der Waals surface area contributed by atoms with Crippen molar-refractivity contribution in [3.8, 4) is 0 Å². The summed E-state index contributed by atoms with van der Waals surface area (Å²) in [5, 5.41) is 4.28. The number of hydrogen-bond acceptors (Lipinski definition) is 4. The Bertz CT molecular complexity index is 298. The molecule has 0 amide bonds. The molecule has 0 saturated carbocycles. The molecule has 17 heavy (non-hydrogen) atoms. The van der Waals surface area contributed by atoms with Crippen LogP contribution >= 0.6 is 11.8 Å². The molecule has 1 aromatic heterocycles. The number of aromatic nitrogens is 2. The molecule has 3 nitrogen and oxygen atoms in total. The monoisotopic (exact) mass is 253 g/mol. The van der Waals surface area contributed by atoms with Gasteiger partial charge >= 0.3 is 0 Å². The maximum absolute atomic E-state index is 4.36. The molecule has 0 atom stereocenters. The molecule has 0 fully saturated rings. The number of hydrogen-bond donors (Lipinski definition) is 1. The van der Waals surface area contributed by atoms with Gasteiger partial charge in [0.15, 0.2) is 5.16 Å². The van der Waals surface area contributed by atoms with Gasteiger partial charge in [0.05, 0.1) is 0 Å². The second-order valence-electron chi connectivity index (χ2n) is 4.60. The second-order valence-corrected chi connectivity index (χ2v) is 5.66. The fourth-order valence-corrected chi connectivity index (χ4v) is 2.19. The van der Waals surface area contributed by atoms with Crippen LogP contribution in [0, 0.1) is 5.92 Å². The Kier molecular flexibility index (Phi) is 7.21. The van der Waals surface area contributed by atoms with Gasteiger partial charge in [-0.25, -0.2) is 9.97 Å². The van der Waals surface area contributed by atoms with E-state index < -0.39 is 0 Å². The van der Waals surface area contributed by atoms with Crippen LogP contribution < -0.4 is 5.32 Å². The molecular formula is C13H23N3S. The van der Waals surface area contributed by atoms with E-state index in [4.69, 9.17) is 0 Å². The molecular weight excluding hydrogens is 230 g/mol. The molecule has 0 radical (unpaired) electrons. The molecule has 4 heteroatoms. The highest BCUT2D eigenvalue weighted by molar-refractivity contribution is 7.99. The molecule has 1 rings (SSSR count). The van der Waals surface area contributed by atoms with E-state index in [0.717, 1.165) is 29.6 Å². The fourth-order valence-electron chi connectivity index (χ4n) is 1.32. The number of nitrogens with zero attached hydrogens (tertiary/aromatic N) is 2. The molecule has 96 valence electrons. The Morgan fingerprint density at radius 3 is 2.59 bits per heavy atom. The van der Waals surface area contributed by atoms with Crippen LogP contribution in [-0.2, 0) is 6.54 Å². The fraction of sp³-hybridized carbons (Fsp3) is 0.692. The van der Waals surface area contributed by atoms with Gasteiger partial charge in [0.2, 0.25) is 0 Å². The average molecular weight is 253 g/mol. The van der Waals surface area contributed by atoms with Gasteiger partial charge in [-0.1, -0.05) is 39.0 Å². The summed E-state index contributed by atoms with van der Waals surface area (Å²) in [6.07, 6.45) is 6.30. The standard InChI is InChI=1S/C13H23N3S/c1-4-5-6-17-13-15-9-12(10-16-13)8-14-7-11(2)3/h9-11,14H,4-8H2,1-3H3. The van der Waals surface area contributed by atoms with Crippen LogP contribution in [0.5, 0.6) is 0 Å². The molecule has 1 aromatic rings. The maximum Gasteiger partial charge on any atom is 0.187 e. The van der Waals surface area contributed by atoms with Gasteiger partial charge in [0.25, 0.3) is 0 Å². The molecule has 0 spiro atoms. The van der Waals surface area contributed by atoms with E-state index in [-0.39, 0.29) is 0 Å². The molecule has 0 bridgehead atoms. The van der Waals surface area contributed by atoms with E-state index >= 15 is 0 Å². The van der Waals surface area contributed by atoms with Gasteiger partial charge in [0.1, 0.15) is 0 Å². The molecule has 0 aliphatic heterocycles. The average Bonchev–Trinajstić information content (AvgIpc) is 2.31. The smallest absolute Gasteiger partial charge is 0.187 e. The van der Waals surface area contributed by atoms with Crippen LogP contribution in [0.25, 0.3) is 0 Å². The number of nitrogens with one attached hydrogen (secondary N) is 1. The van der Waals surface area contributed by atoms with E-state index in [1.807, 2.05) is 12.4 Å². The summed E-state index contributed by atoms with van der Waals surface area (Å²) < 4.78 is 0. The quantitative estimate of drug-likeness (QED) is 0.439. The van der Waals surface area contributed by atoms with Crippen molar-refractivity contribution in [2.75, 3.05) is 12.3 Å². The Labute approximate surface area is 109 Å². The predicted molar refractivity (Wildman–Crippen MR) is 74.2 cm³/mol. The molecule has 0 aliphatic carbocycles. The zero-order valence-corrected chi connectivity index (χ0v) is 11.9. The minimum absolute atomic E-state index is 0.680. The summed E-state index contributed by atoms with van der Waals surface area (Å²) in [6.45, 7) is 8.50. The van der Waals surface area contributed by atoms with Crippen LogP contribution in [-0.4, -0.2) is 22.3 Å². The third kappa shape index (κ3) is 6.64. The summed E-state index contributed by atoms with van der Waals surface area (Å²) in [4.78, 5) is 8.72. The summed E-state index contributed by atoms with van der Waals surface area (Å²) >= 11 is 1.74. The van der Waals surface area contributed by atoms with Crippen LogP contribution in [0.4, 0.5) is 0 Å².